The summed E-state index contributed by atoms with van der Waals surface area (Å²) in [6.45, 7) is 6.69. The Morgan fingerprint density at radius 1 is 1.45 bits per heavy atom. The molecule has 0 spiro atoms. The maximum Gasteiger partial charge on any atom is 0.315 e. The molecule has 3 unspecified atom stereocenters. The second-order valence-corrected chi connectivity index (χ2v) is 6.36. The molecule has 0 aliphatic heterocycles. The van der Waals surface area contributed by atoms with Gasteiger partial charge < -0.3 is 15.7 Å². The van der Waals surface area contributed by atoms with Crippen molar-refractivity contribution in [3.63, 3.8) is 0 Å². The number of aryl methyl sites for hydroxylation is 2. The number of aliphatic hydroxyl groups is 1. The number of carbonyl (C=O) groups is 1. The second-order valence-electron chi connectivity index (χ2n) is 6.36. The van der Waals surface area contributed by atoms with E-state index in [0.717, 1.165) is 42.6 Å². The summed E-state index contributed by atoms with van der Waals surface area (Å²) in [6, 6.07) is -0.168. The van der Waals surface area contributed by atoms with Crippen LogP contribution in [0.5, 0.6) is 0 Å². The number of rotatable bonds is 5. The second kappa shape index (κ2) is 7.13. The normalized spacial score (nSPS) is 22.6. The number of amides is 2. The summed E-state index contributed by atoms with van der Waals surface area (Å²) < 4.78 is 1.85. The van der Waals surface area contributed by atoms with Gasteiger partial charge in [-0.1, -0.05) is 6.92 Å². The smallest absolute Gasteiger partial charge is 0.315 e. The first-order valence-corrected chi connectivity index (χ1v) is 8.14. The lowest BCUT2D eigenvalue weighted by Gasteiger charge is -2.19. The fraction of sp³-hybridized carbons (Fsp3) is 0.750. The molecular formula is C16H28N4O2. The third-order valence-electron chi connectivity index (χ3n) is 4.69. The number of aromatic nitrogens is 2. The summed E-state index contributed by atoms with van der Waals surface area (Å²) in [5.41, 5.74) is 3.16. The predicted molar refractivity (Wildman–Crippen MR) is 85.6 cm³/mol. The Kier molecular flexibility index (Phi) is 5.45. The number of nitrogens with one attached hydrogen (secondary N) is 2. The first-order chi connectivity index (χ1) is 10.4. The lowest BCUT2D eigenvalue weighted by molar-refractivity contribution is 0.177. The first kappa shape index (κ1) is 16.8. The van der Waals surface area contributed by atoms with Crippen LogP contribution < -0.4 is 10.6 Å². The SMILES string of the molecule is CCC(NC(=O)NCC1CCC(O)C1)c1c(C)nn(C)c1C. The number of carbonyl (C=O) groups excluding carboxylic acids is 1. The molecule has 1 aliphatic rings. The largest absolute Gasteiger partial charge is 0.393 e. The molecule has 2 amide bonds. The molecule has 1 aromatic heterocycles. The Bertz CT molecular complexity index is 526. The Hall–Kier alpha value is -1.56. The average Bonchev–Trinajstić information content (AvgIpc) is 2.99. The van der Waals surface area contributed by atoms with Crippen molar-refractivity contribution in [2.24, 2.45) is 13.0 Å². The van der Waals surface area contributed by atoms with Crippen molar-refractivity contribution in [1.29, 1.82) is 0 Å². The highest BCUT2D eigenvalue weighted by molar-refractivity contribution is 5.74. The van der Waals surface area contributed by atoms with Gasteiger partial charge in [-0.2, -0.15) is 5.10 Å². The monoisotopic (exact) mass is 308 g/mol. The van der Waals surface area contributed by atoms with E-state index < -0.39 is 0 Å². The molecule has 3 N–H and O–H groups in total. The molecule has 1 heterocycles. The van der Waals surface area contributed by atoms with Gasteiger partial charge in [0.2, 0.25) is 0 Å². The number of hydrogen-bond donors (Lipinski definition) is 3. The van der Waals surface area contributed by atoms with Gasteiger partial charge in [-0.05, 0) is 45.4 Å². The Morgan fingerprint density at radius 3 is 2.68 bits per heavy atom. The van der Waals surface area contributed by atoms with Crippen LogP contribution in [0.4, 0.5) is 4.79 Å². The molecule has 1 saturated carbocycles. The van der Waals surface area contributed by atoms with E-state index in [4.69, 9.17) is 0 Å². The summed E-state index contributed by atoms with van der Waals surface area (Å²) in [6.07, 6.45) is 3.25. The summed E-state index contributed by atoms with van der Waals surface area (Å²) >= 11 is 0. The molecule has 1 aliphatic carbocycles. The zero-order valence-electron chi connectivity index (χ0n) is 14.0. The van der Waals surface area contributed by atoms with Crippen molar-refractivity contribution in [3.8, 4) is 0 Å². The summed E-state index contributed by atoms with van der Waals surface area (Å²) in [4.78, 5) is 12.1. The van der Waals surface area contributed by atoms with Gasteiger partial charge in [-0.15, -0.1) is 0 Å². The first-order valence-electron chi connectivity index (χ1n) is 8.14. The lowest BCUT2D eigenvalue weighted by Crippen LogP contribution is -2.40. The van der Waals surface area contributed by atoms with Gasteiger partial charge in [0, 0.05) is 24.8 Å². The highest BCUT2D eigenvalue weighted by atomic mass is 16.3. The van der Waals surface area contributed by atoms with Crippen LogP contribution in [-0.2, 0) is 7.05 Å². The van der Waals surface area contributed by atoms with Gasteiger partial charge >= 0.3 is 6.03 Å². The van der Waals surface area contributed by atoms with Crippen LogP contribution >= 0.6 is 0 Å². The Labute approximate surface area is 132 Å². The zero-order valence-corrected chi connectivity index (χ0v) is 14.0. The molecule has 1 aromatic rings. The minimum Gasteiger partial charge on any atom is -0.393 e. The maximum absolute atomic E-state index is 12.1. The number of urea groups is 1. The van der Waals surface area contributed by atoms with Crippen LogP contribution in [0.3, 0.4) is 0 Å². The number of aliphatic hydroxyl groups excluding tert-OH is 1. The van der Waals surface area contributed by atoms with Crippen molar-refractivity contribution in [2.75, 3.05) is 6.54 Å². The fourth-order valence-corrected chi connectivity index (χ4v) is 3.35. The van der Waals surface area contributed by atoms with Gasteiger partial charge in [-0.25, -0.2) is 4.79 Å². The van der Waals surface area contributed by atoms with Crippen LogP contribution in [0.1, 0.15) is 55.6 Å². The summed E-state index contributed by atoms with van der Waals surface area (Å²) in [7, 11) is 1.92. The maximum atomic E-state index is 12.1. The fourth-order valence-electron chi connectivity index (χ4n) is 3.35. The van der Waals surface area contributed by atoms with E-state index in [1.165, 1.54) is 0 Å². The van der Waals surface area contributed by atoms with Crippen LogP contribution in [0.25, 0.3) is 0 Å². The minimum atomic E-state index is -0.195. The van der Waals surface area contributed by atoms with Gasteiger partial charge in [0.25, 0.3) is 0 Å². The third kappa shape index (κ3) is 3.80. The van der Waals surface area contributed by atoms with E-state index in [2.05, 4.69) is 22.7 Å². The predicted octanol–water partition coefficient (Wildman–Crippen LogP) is 1.95. The van der Waals surface area contributed by atoms with Gasteiger partial charge in [0.1, 0.15) is 0 Å². The van der Waals surface area contributed by atoms with Gasteiger partial charge in [0.05, 0.1) is 17.8 Å². The zero-order chi connectivity index (χ0) is 16.3. The summed E-state index contributed by atoms with van der Waals surface area (Å²) in [5, 5.41) is 19.9. The molecule has 0 aromatic carbocycles. The van der Waals surface area contributed by atoms with Crippen molar-refractivity contribution < 1.29 is 9.90 Å². The average molecular weight is 308 g/mol. The molecule has 6 heteroatoms. The van der Waals surface area contributed by atoms with Crippen molar-refractivity contribution >= 4 is 6.03 Å². The molecular weight excluding hydrogens is 280 g/mol. The van der Waals surface area contributed by atoms with Gasteiger partial charge in [-0.3, -0.25) is 4.68 Å². The van der Waals surface area contributed by atoms with E-state index in [9.17, 15) is 9.90 Å². The van der Waals surface area contributed by atoms with E-state index in [1.54, 1.807) is 0 Å². The molecule has 3 atom stereocenters. The van der Waals surface area contributed by atoms with Crippen LogP contribution in [0.2, 0.25) is 0 Å². The van der Waals surface area contributed by atoms with Gasteiger partial charge in [0.15, 0.2) is 0 Å². The van der Waals surface area contributed by atoms with E-state index in [-0.39, 0.29) is 18.2 Å². The minimum absolute atomic E-state index is 0.0251. The Balaban J connectivity index is 1.91. The van der Waals surface area contributed by atoms with E-state index in [1.807, 2.05) is 25.6 Å². The number of hydrogen-bond acceptors (Lipinski definition) is 3. The molecule has 22 heavy (non-hydrogen) atoms. The van der Waals surface area contributed by atoms with Crippen molar-refractivity contribution in [3.05, 3.63) is 17.0 Å². The van der Waals surface area contributed by atoms with Crippen LogP contribution in [0, 0.1) is 19.8 Å². The lowest BCUT2D eigenvalue weighted by atomic mass is 10.0. The number of nitrogens with zero attached hydrogens (tertiary/aromatic N) is 2. The molecule has 0 radical (unpaired) electrons. The topological polar surface area (TPSA) is 79.2 Å². The molecule has 0 bridgehead atoms. The van der Waals surface area contributed by atoms with Crippen molar-refractivity contribution in [1.82, 2.24) is 20.4 Å². The van der Waals surface area contributed by atoms with E-state index in [0.29, 0.717) is 12.5 Å². The molecule has 1 fully saturated rings. The molecule has 0 saturated heterocycles. The van der Waals surface area contributed by atoms with Crippen LogP contribution in [0.15, 0.2) is 0 Å². The highest BCUT2D eigenvalue weighted by Crippen LogP contribution is 2.25. The molecule has 124 valence electrons. The Morgan fingerprint density at radius 2 is 2.18 bits per heavy atom. The highest BCUT2D eigenvalue weighted by Gasteiger charge is 2.24. The molecule has 2 rings (SSSR count). The van der Waals surface area contributed by atoms with Crippen LogP contribution in [-0.4, -0.2) is 33.6 Å². The quantitative estimate of drug-likeness (QED) is 0.778. The summed E-state index contributed by atoms with van der Waals surface area (Å²) in [5.74, 6) is 0.391. The van der Waals surface area contributed by atoms with Crippen molar-refractivity contribution in [2.45, 2.75) is 58.6 Å². The van der Waals surface area contributed by atoms with E-state index >= 15 is 0 Å². The third-order valence-corrected chi connectivity index (χ3v) is 4.69. The standard InChI is InChI=1S/C16H28N4O2/c1-5-14(15-10(2)19-20(4)11(15)3)18-16(22)17-9-12-6-7-13(21)8-12/h12-14,21H,5-9H2,1-4H3,(H2,17,18,22). The molecule has 6 nitrogen and oxygen atoms in total.